The van der Waals surface area contributed by atoms with Crippen LogP contribution in [0.3, 0.4) is 0 Å². The van der Waals surface area contributed by atoms with E-state index >= 15 is 0 Å². The lowest BCUT2D eigenvalue weighted by molar-refractivity contribution is 0.305. The van der Waals surface area contributed by atoms with E-state index in [9.17, 15) is 0 Å². The fraction of sp³-hybridized carbons (Fsp3) is 0.133. The minimum absolute atomic E-state index is 0.556. The Balaban J connectivity index is 2.00. The van der Waals surface area contributed by atoms with Crippen molar-refractivity contribution in [3.63, 3.8) is 0 Å². The lowest BCUT2D eigenvalue weighted by Crippen LogP contribution is -1.97. The molecule has 2 rings (SSSR count). The molecule has 0 amide bonds. The maximum atomic E-state index is 8.41. The molecule has 0 radical (unpaired) electrons. The van der Waals surface area contributed by atoms with E-state index in [1.165, 1.54) is 17.3 Å². The van der Waals surface area contributed by atoms with Crippen molar-refractivity contribution in [2.24, 2.45) is 5.16 Å². The first-order valence-electron chi connectivity index (χ1n) is 5.74. The second-order valence-corrected chi connectivity index (χ2v) is 4.03. The monoisotopic (exact) mass is 241 g/mol. The van der Waals surface area contributed by atoms with Gasteiger partial charge in [-0.15, -0.1) is 0 Å². The molecule has 3 heteroatoms. The highest BCUT2D eigenvalue weighted by atomic mass is 16.5. The van der Waals surface area contributed by atoms with Crippen LogP contribution < -0.4 is 4.74 Å². The van der Waals surface area contributed by atoms with E-state index in [1.54, 1.807) is 0 Å². The molecule has 0 bridgehead atoms. The van der Waals surface area contributed by atoms with E-state index in [0.29, 0.717) is 6.61 Å². The normalized spacial score (nSPS) is 10.7. The Kier molecular flexibility index (Phi) is 3.97. The van der Waals surface area contributed by atoms with E-state index in [1.807, 2.05) is 36.4 Å². The van der Waals surface area contributed by atoms with Gasteiger partial charge in [-0.1, -0.05) is 29.4 Å². The van der Waals surface area contributed by atoms with Gasteiger partial charge in [0.25, 0.3) is 0 Å². The van der Waals surface area contributed by atoms with Gasteiger partial charge in [-0.3, -0.25) is 0 Å². The highest BCUT2D eigenvalue weighted by Crippen LogP contribution is 2.15. The molecule has 3 nitrogen and oxygen atoms in total. The standard InChI is InChI=1S/C15H15NO2/c1-12-4-2-3-5-14(12)11-18-15-8-6-13(7-9-15)10-16-17/h2-10,17H,11H2,1H3/b16-10+. The van der Waals surface area contributed by atoms with Crippen LogP contribution in [0, 0.1) is 6.92 Å². The van der Waals surface area contributed by atoms with Gasteiger partial charge < -0.3 is 9.94 Å². The van der Waals surface area contributed by atoms with Crippen LogP contribution in [0.4, 0.5) is 0 Å². The van der Waals surface area contributed by atoms with E-state index < -0.39 is 0 Å². The summed E-state index contributed by atoms with van der Waals surface area (Å²) in [5.41, 5.74) is 3.24. The van der Waals surface area contributed by atoms with E-state index in [4.69, 9.17) is 9.94 Å². The third-order valence-corrected chi connectivity index (χ3v) is 2.74. The Morgan fingerprint density at radius 3 is 2.50 bits per heavy atom. The van der Waals surface area contributed by atoms with E-state index in [-0.39, 0.29) is 0 Å². The van der Waals surface area contributed by atoms with Gasteiger partial charge in [0.15, 0.2) is 0 Å². The summed E-state index contributed by atoms with van der Waals surface area (Å²) in [4.78, 5) is 0. The maximum absolute atomic E-state index is 8.41. The van der Waals surface area contributed by atoms with Crippen LogP contribution >= 0.6 is 0 Å². The summed E-state index contributed by atoms with van der Waals surface area (Å²) in [7, 11) is 0. The second kappa shape index (κ2) is 5.87. The molecule has 18 heavy (non-hydrogen) atoms. The van der Waals surface area contributed by atoms with E-state index in [2.05, 4.69) is 24.2 Å². The molecular formula is C15H15NO2. The van der Waals surface area contributed by atoms with Crippen molar-refractivity contribution in [2.45, 2.75) is 13.5 Å². The number of rotatable bonds is 4. The Hall–Kier alpha value is -2.29. The van der Waals surface area contributed by atoms with Crippen molar-refractivity contribution in [3.05, 3.63) is 65.2 Å². The Morgan fingerprint density at radius 1 is 1.11 bits per heavy atom. The Bertz CT molecular complexity index is 532. The van der Waals surface area contributed by atoms with Gasteiger partial charge in [0.2, 0.25) is 0 Å². The highest BCUT2D eigenvalue weighted by molar-refractivity contribution is 5.79. The molecule has 0 saturated carbocycles. The quantitative estimate of drug-likeness (QED) is 0.506. The summed E-state index contributed by atoms with van der Waals surface area (Å²) in [5.74, 6) is 0.799. The number of ether oxygens (including phenoxy) is 1. The molecule has 92 valence electrons. The average Bonchev–Trinajstić information content (AvgIpc) is 2.40. The smallest absolute Gasteiger partial charge is 0.119 e. The molecule has 0 atom stereocenters. The first-order chi connectivity index (χ1) is 8.79. The van der Waals surface area contributed by atoms with Crippen molar-refractivity contribution < 1.29 is 9.94 Å². The first-order valence-corrected chi connectivity index (χ1v) is 5.74. The number of hydrogen-bond acceptors (Lipinski definition) is 3. The van der Waals surface area contributed by atoms with Crippen molar-refractivity contribution in [3.8, 4) is 5.75 Å². The number of benzene rings is 2. The summed E-state index contributed by atoms with van der Waals surface area (Å²) in [6.45, 7) is 2.62. The zero-order valence-electron chi connectivity index (χ0n) is 10.2. The van der Waals surface area contributed by atoms with Gasteiger partial charge in [0.05, 0.1) is 6.21 Å². The molecule has 0 unspecified atom stereocenters. The summed E-state index contributed by atoms with van der Waals surface area (Å²) in [6, 6.07) is 15.5. The van der Waals surface area contributed by atoms with Gasteiger partial charge in [-0.05, 0) is 47.9 Å². The van der Waals surface area contributed by atoms with Crippen LogP contribution in [0.15, 0.2) is 53.7 Å². The second-order valence-electron chi connectivity index (χ2n) is 4.03. The number of aryl methyl sites for hydroxylation is 1. The fourth-order valence-corrected chi connectivity index (χ4v) is 1.65. The molecule has 1 N–H and O–H groups in total. The molecule has 0 aliphatic rings. The van der Waals surface area contributed by atoms with Crippen LogP contribution in [0.2, 0.25) is 0 Å². The van der Waals surface area contributed by atoms with Crippen molar-refractivity contribution in [1.29, 1.82) is 0 Å². The first kappa shape index (κ1) is 12.2. The Morgan fingerprint density at radius 2 is 1.83 bits per heavy atom. The lowest BCUT2D eigenvalue weighted by atomic mass is 10.1. The number of oxime groups is 1. The predicted octanol–water partition coefficient (Wildman–Crippen LogP) is 3.38. The molecule has 0 spiro atoms. The van der Waals surface area contributed by atoms with Gasteiger partial charge in [0, 0.05) is 0 Å². The minimum atomic E-state index is 0.556. The van der Waals surface area contributed by atoms with Crippen molar-refractivity contribution in [1.82, 2.24) is 0 Å². The zero-order valence-corrected chi connectivity index (χ0v) is 10.2. The SMILES string of the molecule is Cc1ccccc1COc1ccc(/C=N/O)cc1. The maximum Gasteiger partial charge on any atom is 0.119 e. The molecule has 0 aliphatic carbocycles. The minimum Gasteiger partial charge on any atom is -0.489 e. The van der Waals surface area contributed by atoms with Gasteiger partial charge in [0.1, 0.15) is 12.4 Å². The van der Waals surface area contributed by atoms with Gasteiger partial charge in [-0.2, -0.15) is 0 Å². The zero-order chi connectivity index (χ0) is 12.8. The highest BCUT2D eigenvalue weighted by Gasteiger charge is 1.98. The third-order valence-electron chi connectivity index (χ3n) is 2.74. The third kappa shape index (κ3) is 3.10. The number of hydrogen-bond donors (Lipinski definition) is 1. The van der Waals surface area contributed by atoms with Crippen LogP contribution in [0.25, 0.3) is 0 Å². The van der Waals surface area contributed by atoms with Crippen molar-refractivity contribution in [2.75, 3.05) is 0 Å². The van der Waals surface area contributed by atoms with Crippen LogP contribution in [0.5, 0.6) is 5.75 Å². The number of nitrogens with zero attached hydrogens (tertiary/aromatic N) is 1. The topological polar surface area (TPSA) is 41.8 Å². The summed E-state index contributed by atoms with van der Waals surface area (Å²) >= 11 is 0. The lowest BCUT2D eigenvalue weighted by Gasteiger charge is -2.08. The predicted molar refractivity (Wildman–Crippen MR) is 71.3 cm³/mol. The van der Waals surface area contributed by atoms with Crippen LogP contribution in [-0.4, -0.2) is 11.4 Å². The molecule has 0 aromatic heterocycles. The molecule has 2 aromatic carbocycles. The molecule has 2 aromatic rings. The van der Waals surface area contributed by atoms with Crippen LogP contribution in [-0.2, 0) is 6.61 Å². The summed E-state index contributed by atoms with van der Waals surface area (Å²) in [6.07, 6.45) is 1.38. The largest absolute Gasteiger partial charge is 0.489 e. The molecule has 0 aliphatic heterocycles. The van der Waals surface area contributed by atoms with Gasteiger partial charge in [-0.25, -0.2) is 0 Å². The average molecular weight is 241 g/mol. The summed E-state index contributed by atoms with van der Waals surface area (Å²) < 4.78 is 5.70. The molecule has 0 fully saturated rings. The summed E-state index contributed by atoms with van der Waals surface area (Å²) in [5, 5.41) is 11.4. The van der Waals surface area contributed by atoms with Gasteiger partial charge >= 0.3 is 0 Å². The van der Waals surface area contributed by atoms with E-state index in [0.717, 1.165) is 11.3 Å². The molecular weight excluding hydrogens is 226 g/mol. The molecule has 0 heterocycles. The van der Waals surface area contributed by atoms with Crippen LogP contribution in [0.1, 0.15) is 16.7 Å². The fourth-order valence-electron chi connectivity index (χ4n) is 1.65. The molecule has 0 saturated heterocycles. The Labute approximate surface area is 106 Å². The van der Waals surface area contributed by atoms with Crippen molar-refractivity contribution >= 4 is 6.21 Å².